The van der Waals surface area contributed by atoms with E-state index in [1.54, 1.807) is 23.7 Å². The Morgan fingerprint density at radius 3 is 2.11 bits per heavy atom. The molecule has 8 aromatic rings. The summed E-state index contributed by atoms with van der Waals surface area (Å²) in [7, 11) is 0. The Balaban J connectivity index is 1.44. The maximum atomic E-state index is 11.5. The van der Waals surface area contributed by atoms with E-state index in [-0.39, 0.29) is 28.4 Å². The number of aromatic nitrogens is 3. The second kappa shape index (κ2) is 14.0. The van der Waals surface area contributed by atoms with Gasteiger partial charge in [0.2, 0.25) is 5.89 Å². The largest absolute Gasteiger partial charge is 0.507 e. The Morgan fingerprint density at radius 2 is 1.44 bits per heavy atom. The minimum absolute atomic E-state index is 0.0954. The molecule has 0 amide bonds. The van der Waals surface area contributed by atoms with Crippen LogP contribution in [0.1, 0.15) is 114 Å². The van der Waals surface area contributed by atoms with Crippen LogP contribution in [-0.4, -0.2) is 20.1 Å². The number of fused-ring (bicyclic) bond motifs is 3. The molecule has 0 aliphatic heterocycles. The van der Waals surface area contributed by atoms with Gasteiger partial charge in [-0.1, -0.05) is 99.6 Å². The van der Waals surface area contributed by atoms with Gasteiger partial charge in [0.05, 0.1) is 21.5 Å². The fraction of sp³-hybridized carbons (Fsp3) is 0.340. The van der Waals surface area contributed by atoms with Crippen molar-refractivity contribution in [2.75, 3.05) is 0 Å². The zero-order valence-corrected chi connectivity index (χ0v) is 36.1. The highest BCUT2D eigenvalue weighted by atomic mass is 32.1. The molecule has 0 aliphatic carbocycles. The van der Waals surface area contributed by atoms with Gasteiger partial charge in [-0.2, -0.15) is 0 Å². The Hall–Kier alpha value is -5.27. The Morgan fingerprint density at radius 1 is 0.754 bits per heavy atom. The third kappa shape index (κ3) is 6.94. The standard InChI is InChI=1S/C50H53N3O3S/c1-26(2)34-14-13-15-35(27(3)4)42(34)37-17-16-36(45-46(37)56-48(53-45)43-39(54)18-19-40-41(43)28(5)29(6)55-40)30-20-31(22-32(21-30)50(10,11)12)44-47-38(51-25-52-44)23-33(57-47)24-49(7,8)9/h13-23,25-27,54H,24H2,1-12H3. The summed E-state index contributed by atoms with van der Waals surface area (Å²) in [6.45, 7) is 26.5. The first-order valence-electron chi connectivity index (χ1n) is 20.1. The van der Waals surface area contributed by atoms with Crippen LogP contribution in [0.25, 0.3) is 77.3 Å². The van der Waals surface area contributed by atoms with E-state index >= 15 is 0 Å². The first kappa shape index (κ1) is 38.6. The average molecular weight is 776 g/mol. The maximum absolute atomic E-state index is 11.5. The van der Waals surface area contributed by atoms with Crippen LogP contribution in [0, 0.1) is 19.3 Å². The van der Waals surface area contributed by atoms with Crippen LogP contribution in [0.2, 0.25) is 0 Å². The van der Waals surface area contributed by atoms with Gasteiger partial charge in [0.15, 0.2) is 5.58 Å². The molecular weight excluding hydrogens is 723 g/mol. The van der Waals surface area contributed by atoms with Gasteiger partial charge in [-0.3, -0.25) is 0 Å². The topological polar surface area (TPSA) is 85.2 Å². The molecule has 0 unspecified atom stereocenters. The molecule has 4 heterocycles. The van der Waals surface area contributed by atoms with Crippen molar-refractivity contribution in [2.45, 2.75) is 107 Å². The molecule has 4 aromatic heterocycles. The molecule has 0 spiro atoms. The lowest BCUT2D eigenvalue weighted by molar-refractivity contribution is 0.414. The van der Waals surface area contributed by atoms with Crippen LogP contribution < -0.4 is 0 Å². The third-order valence-electron chi connectivity index (χ3n) is 11.2. The minimum Gasteiger partial charge on any atom is -0.507 e. The highest BCUT2D eigenvalue weighted by Gasteiger charge is 2.27. The Labute approximate surface area is 340 Å². The lowest BCUT2D eigenvalue weighted by Gasteiger charge is -2.22. The number of thiophene rings is 1. The van der Waals surface area contributed by atoms with E-state index < -0.39 is 0 Å². The smallest absolute Gasteiger partial charge is 0.231 e. The number of hydrogen-bond acceptors (Lipinski definition) is 7. The van der Waals surface area contributed by atoms with E-state index in [1.165, 1.54) is 27.1 Å². The predicted molar refractivity (Wildman–Crippen MR) is 238 cm³/mol. The van der Waals surface area contributed by atoms with Gasteiger partial charge < -0.3 is 13.9 Å². The molecule has 57 heavy (non-hydrogen) atoms. The first-order chi connectivity index (χ1) is 26.9. The lowest BCUT2D eigenvalue weighted by atomic mass is 9.82. The van der Waals surface area contributed by atoms with Gasteiger partial charge in [0.1, 0.15) is 28.9 Å². The number of nitrogens with zero attached hydrogens (tertiary/aromatic N) is 3. The number of aromatic hydroxyl groups is 1. The number of hydrogen-bond donors (Lipinski definition) is 1. The second-order valence-corrected chi connectivity index (χ2v) is 19.7. The first-order valence-corrected chi connectivity index (χ1v) is 20.9. The fourth-order valence-corrected chi connectivity index (χ4v) is 9.56. The highest BCUT2D eigenvalue weighted by Crippen LogP contribution is 2.47. The van der Waals surface area contributed by atoms with Crippen molar-refractivity contribution in [1.82, 2.24) is 15.0 Å². The van der Waals surface area contributed by atoms with Crippen molar-refractivity contribution in [3.8, 4) is 50.7 Å². The summed E-state index contributed by atoms with van der Waals surface area (Å²) in [5, 5.41) is 12.3. The summed E-state index contributed by atoms with van der Waals surface area (Å²) in [4.78, 5) is 16.3. The van der Waals surface area contributed by atoms with E-state index in [1.807, 2.05) is 19.9 Å². The fourth-order valence-electron chi connectivity index (χ4n) is 8.14. The molecule has 0 atom stereocenters. The summed E-state index contributed by atoms with van der Waals surface area (Å²) >= 11 is 1.79. The Kier molecular flexibility index (Phi) is 9.47. The SMILES string of the molecule is Cc1oc2ccc(O)c(-c3nc4c(-c5cc(-c6ncnc7cc(CC(C)(C)C)sc67)cc(C(C)(C)C)c5)ccc(-c5c(C(C)C)cccc5C(C)C)c4o3)c2c1C. The van der Waals surface area contributed by atoms with E-state index in [9.17, 15) is 5.11 Å². The molecule has 0 radical (unpaired) electrons. The van der Waals surface area contributed by atoms with Crippen molar-refractivity contribution in [2.24, 2.45) is 5.41 Å². The molecule has 0 bridgehead atoms. The molecule has 6 nitrogen and oxygen atoms in total. The third-order valence-corrected chi connectivity index (χ3v) is 12.3. The normalized spacial score (nSPS) is 12.7. The molecule has 0 aliphatic rings. The molecule has 8 rings (SSSR count). The average Bonchev–Trinajstić information content (AvgIpc) is 3.84. The minimum atomic E-state index is -0.154. The maximum Gasteiger partial charge on any atom is 0.231 e. The predicted octanol–water partition coefficient (Wildman–Crippen LogP) is 14.7. The van der Waals surface area contributed by atoms with Crippen LogP contribution >= 0.6 is 11.3 Å². The number of rotatable bonds is 7. The number of phenols is 1. The monoisotopic (exact) mass is 775 g/mol. The van der Waals surface area contributed by atoms with Gasteiger partial charge in [-0.25, -0.2) is 15.0 Å². The molecule has 1 N–H and O–H groups in total. The van der Waals surface area contributed by atoms with Gasteiger partial charge in [0, 0.05) is 27.0 Å². The number of aryl methyl sites for hydroxylation is 2. The van der Waals surface area contributed by atoms with Gasteiger partial charge in [-0.15, -0.1) is 11.3 Å². The van der Waals surface area contributed by atoms with E-state index in [2.05, 4.69) is 124 Å². The molecule has 4 aromatic carbocycles. The number of phenolic OH excluding ortho intramolecular Hbond substituents is 1. The Bertz CT molecular complexity index is 2810. The summed E-state index contributed by atoms with van der Waals surface area (Å²) in [5.41, 5.74) is 14.4. The van der Waals surface area contributed by atoms with E-state index in [4.69, 9.17) is 23.8 Å². The van der Waals surface area contributed by atoms with Crippen LogP contribution in [-0.2, 0) is 11.8 Å². The van der Waals surface area contributed by atoms with Crippen molar-refractivity contribution in [3.63, 3.8) is 0 Å². The van der Waals surface area contributed by atoms with Gasteiger partial charge in [-0.05, 0) is 113 Å². The summed E-state index contributed by atoms with van der Waals surface area (Å²) < 4.78 is 14.2. The van der Waals surface area contributed by atoms with Gasteiger partial charge >= 0.3 is 0 Å². The number of benzene rings is 4. The second-order valence-electron chi connectivity index (χ2n) is 18.5. The zero-order valence-electron chi connectivity index (χ0n) is 35.3. The molecular formula is C50H53N3O3S. The van der Waals surface area contributed by atoms with Crippen LogP contribution in [0.4, 0.5) is 0 Å². The molecule has 0 saturated carbocycles. The van der Waals surface area contributed by atoms with E-state index in [0.717, 1.165) is 66.8 Å². The van der Waals surface area contributed by atoms with Crippen molar-refractivity contribution in [3.05, 3.63) is 106 Å². The molecule has 0 saturated heterocycles. The van der Waals surface area contributed by atoms with E-state index in [0.29, 0.717) is 22.6 Å². The quantitative estimate of drug-likeness (QED) is 0.173. The zero-order chi connectivity index (χ0) is 40.7. The lowest BCUT2D eigenvalue weighted by Crippen LogP contribution is -2.11. The van der Waals surface area contributed by atoms with Crippen LogP contribution in [0.3, 0.4) is 0 Å². The van der Waals surface area contributed by atoms with Crippen molar-refractivity contribution in [1.29, 1.82) is 0 Å². The number of oxazole rings is 1. The molecule has 0 fully saturated rings. The highest BCUT2D eigenvalue weighted by molar-refractivity contribution is 7.19. The number of furan rings is 1. The van der Waals surface area contributed by atoms with Crippen molar-refractivity contribution >= 4 is 43.6 Å². The van der Waals surface area contributed by atoms with Crippen LogP contribution in [0.15, 0.2) is 81.9 Å². The van der Waals surface area contributed by atoms with Gasteiger partial charge in [0.25, 0.3) is 0 Å². The molecule has 7 heteroatoms. The molecule has 292 valence electrons. The summed E-state index contributed by atoms with van der Waals surface area (Å²) in [6, 6.07) is 23.5. The summed E-state index contributed by atoms with van der Waals surface area (Å²) in [6.07, 6.45) is 2.66. The van der Waals surface area contributed by atoms with Crippen LogP contribution in [0.5, 0.6) is 5.75 Å². The summed E-state index contributed by atoms with van der Waals surface area (Å²) in [5.74, 6) is 1.80. The van der Waals surface area contributed by atoms with Crippen molar-refractivity contribution < 1.29 is 13.9 Å².